The van der Waals surface area contributed by atoms with Crippen LogP contribution in [0.5, 0.6) is 5.75 Å². The Kier molecular flexibility index (Phi) is 7.44. The molecular weight excluding hydrogens is 438 g/mol. The van der Waals surface area contributed by atoms with E-state index in [4.69, 9.17) is 9.47 Å². The molecule has 4 rings (SSSR count). The van der Waals surface area contributed by atoms with Gasteiger partial charge in [-0.1, -0.05) is 50.2 Å². The number of ketones is 1. The summed E-state index contributed by atoms with van der Waals surface area (Å²) in [7, 11) is 1.65. The number of carbonyl (C=O) groups is 2. The first-order valence-electron chi connectivity index (χ1n) is 12.5. The van der Waals surface area contributed by atoms with E-state index in [-0.39, 0.29) is 23.8 Å². The molecule has 0 saturated carbocycles. The second-order valence-corrected chi connectivity index (χ2v) is 9.51. The molecule has 5 heteroatoms. The minimum Gasteiger partial charge on any atom is -0.497 e. The molecule has 2 aromatic carbocycles. The van der Waals surface area contributed by atoms with Gasteiger partial charge in [-0.25, -0.2) is 4.79 Å². The highest BCUT2D eigenvalue weighted by Gasteiger charge is 2.41. The Balaban J connectivity index is 1.75. The summed E-state index contributed by atoms with van der Waals surface area (Å²) in [6.07, 6.45) is 2.59. The van der Waals surface area contributed by atoms with Crippen molar-refractivity contribution in [2.45, 2.75) is 71.3 Å². The third kappa shape index (κ3) is 5.04. The van der Waals surface area contributed by atoms with Crippen molar-refractivity contribution in [1.82, 2.24) is 5.32 Å². The van der Waals surface area contributed by atoms with Crippen molar-refractivity contribution in [2.75, 3.05) is 7.11 Å². The molecule has 0 amide bonds. The van der Waals surface area contributed by atoms with Crippen LogP contribution in [0.25, 0.3) is 0 Å². The first-order valence-corrected chi connectivity index (χ1v) is 12.5. The van der Waals surface area contributed by atoms with Crippen LogP contribution in [0.4, 0.5) is 0 Å². The maximum absolute atomic E-state index is 13.7. The summed E-state index contributed by atoms with van der Waals surface area (Å²) < 4.78 is 11.0. The van der Waals surface area contributed by atoms with E-state index in [1.807, 2.05) is 57.2 Å². The molecule has 1 aliphatic carbocycles. The highest BCUT2D eigenvalue weighted by Crippen LogP contribution is 2.46. The zero-order valence-corrected chi connectivity index (χ0v) is 21.3. The van der Waals surface area contributed by atoms with Gasteiger partial charge < -0.3 is 14.8 Å². The summed E-state index contributed by atoms with van der Waals surface area (Å²) in [6, 6.07) is 16.2. The normalized spacial score (nSPS) is 20.8. The van der Waals surface area contributed by atoms with Crippen molar-refractivity contribution in [3.8, 4) is 5.75 Å². The zero-order valence-electron chi connectivity index (χ0n) is 21.3. The van der Waals surface area contributed by atoms with E-state index < -0.39 is 5.92 Å². The Labute approximate surface area is 208 Å². The number of hydrogen-bond donors (Lipinski definition) is 1. The average Bonchev–Trinajstić information content (AvgIpc) is 2.87. The molecule has 0 fully saturated rings. The first kappa shape index (κ1) is 24.8. The Hall–Kier alpha value is -3.34. The quantitative estimate of drug-likeness (QED) is 0.503. The number of esters is 1. The molecule has 0 unspecified atom stereocenters. The lowest BCUT2D eigenvalue weighted by molar-refractivity contribution is -0.144. The maximum atomic E-state index is 13.7. The Morgan fingerprint density at radius 2 is 1.69 bits per heavy atom. The minimum atomic E-state index is -0.432. The summed E-state index contributed by atoms with van der Waals surface area (Å²) >= 11 is 0. The van der Waals surface area contributed by atoms with E-state index in [1.54, 1.807) is 7.11 Å². The second-order valence-electron chi connectivity index (χ2n) is 9.51. The van der Waals surface area contributed by atoms with Crippen molar-refractivity contribution in [3.05, 3.63) is 87.8 Å². The number of nitrogens with one attached hydrogen (secondary N) is 1. The van der Waals surface area contributed by atoms with Gasteiger partial charge in [0.05, 0.1) is 18.8 Å². The molecule has 35 heavy (non-hydrogen) atoms. The molecular formula is C30H35NO4. The van der Waals surface area contributed by atoms with E-state index in [0.29, 0.717) is 24.0 Å². The van der Waals surface area contributed by atoms with Gasteiger partial charge in [0.1, 0.15) is 5.75 Å². The Morgan fingerprint density at radius 1 is 1.03 bits per heavy atom. The third-order valence-corrected chi connectivity index (χ3v) is 7.24. The van der Waals surface area contributed by atoms with E-state index in [0.717, 1.165) is 41.1 Å². The van der Waals surface area contributed by atoms with Gasteiger partial charge in [0, 0.05) is 29.3 Å². The summed E-state index contributed by atoms with van der Waals surface area (Å²) in [5.41, 5.74) is 6.16. The average molecular weight is 474 g/mol. The molecule has 0 aromatic heterocycles. The lowest BCUT2D eigenvalue weighted by Gasteiger charge is -2.37. The standard InChI is InChI=1S/C30H35NO4/c1-6-18(3)35-30(33)27-19(4)31-25-16-23(21-12-14-24(34-5)15-13-21)17-26(32)29(25)28(27)22-10-8-20(7-2)9-11-22/h8-15,18,23,28,31H,6-7,16-17H2,1-5H3/t18-,23-,28-/m0/s1. The molecule has 184 valence electrons. The van der Waals surface area contributed by atoms with Crippen molar-refractivity contribution >= 4 is 11.8 Å². The summed E-state index contributed by atoms with van der Waals surface area (Å²) in [5.74, 6) is 0.156. The molecule has 0 radical (unpaired) electrons. The van der Waals surface area contributed by atoms with Crippen LogP contribution in [-0.2, 0) is 20.7 Å². The van der Waals surface area contributed by atoms with Crippen LogP contribution in [0.15, 0.2) is 71.1 Å². The fourth-order valence-corrected chi connectivity index (χ4v) is 5.03. The number of dihydropyridines is 1. The van der Waals surface area contributed by atoms with Gasteiger partial charge in [-0.3, -0.25) is 4.79 Å². The predicted octanol–water partition coefficient (Wildman–Crippen LogP) is 5.96. The predicted molar refractivity (Wildman–Crippen MR) is 137 cm³/mol. The number of rotatable bonds is 7. The van der Waals surface area contributed by atoms with E-state index in [9.17, 15) is 9.59 Å². The van der Waals surface area contributed by atoms with Gasteiger partial charge in [-0.15, -0.1) is 0 Å². The number of allylic oxidation sites excluding steroid dienone is 3. The largest absolute Gasteiger partial charge is 0.497 e. The smallest absolute Gasteiger partial charge is 0.337 e. The third-order valence-electron chi connectivity index (χ3n) is 7.24. The summed E-state index contributed by atoms with van der Waals surface area (Å²) in [5, 5.41) is 3.43. The van der Waals surface area contributed by atoms with E-state index in [2.05, 4.69) is 24.4 Å². The molecule has 0 spiro atoms. The fourth-order valence-electron chi connectivity index (χ4n) is 5.03. The van der Waals surface area contributed by atoms with Gasteiger partial charge in [0.2, 0.25) is 0 Å². The van der Waals surface area contributed by atoms with Crippen molar-refractivity contribution in [2.24, 2.45) is 0 Å². The second kappa shape index (κ2) is 10.5. The fraction of sp³-hybridized carbons (Fsp3) is 0.400. The number of benzene rings is 2. The van der Waals surface area contributed by atoms with E-state index >= 15 is 0 Å². The Morgan fingerprint density at radius 3 is 2.29 bits per heavy atom. The van der Waals surface area contributed by atoms with Crippen molar-refractivity contribution in [3.63, 3.8) is 0 Å². The molecule has 1 aliphatic heterocycles. The number of aryl methyl sites for hydroxylation is 1. The lowest BCUT2D eigenvalue weighted by atomic mass is 9.71. The number of methoxy groups -OCH3 is 1. The summed E-state index contributed by atoms with van der Waals surface area (Å²) in [4.78, 5) is 27.0. The SMILES string of the molecule is CCc1ccc([C@H]2C(C(=O)O[C@@H](C)CC)=C(C)NC3=C2C(=O)C[C@@H](c2ccc(OC)cc2)C3)cc1. The zero-order chi connectivity index (χ0) is 25.1. The number of carbonyl (C=O) groups excluding carboxylic acids is 2. The molecule has 1 heterocycles. The molecule has 2 aromatic rings. The van der Waals surface area contributed by atoms with Crippen LogP contribution in [-0.4, -0.2) is 25.0 Å². The van der Waals surface area contributed by atoms with Crippen molar-refractivity contribution in [1.29, 1.82) is 0 Å². The van der Waals surface area contributed by atoms with Crippen molar-refractivity contribution < 1.29 is 19.1 Å². The molecule has 5 nitrogen and oxygen atoms in total. The monoisotopic (exact) mass is 473 g/mol. The number of ether oxygens (including phenoxy) is 2. The maximum Gasteiger partial charge on any atom is 0.337 e. The Bertz CT molecular complexity index is 1160. The summed E-state index contributed by atoms with van der Waals surface area (Å²) in [6.45, 7) is 7.91. The molecule has 2 aliphatic rings. The lowest BCUT2D eigenvalue weighted by Crippen LogP contribution is -2.36. The van der Waals surface area contributed by atoms with Gasteiger partial charge in [0.25, 0.3) is 0 Å². The van der Waals surface area contributed by atoms with Gasteiger partial charge in [-0.05, 0) is 67.9 Å². The van der Waals surface area contributed by atoms with Crippen LogP contribution < -0.4 is 10.1 Å². The number of hydrogen-bond acceptors (Lipinski definition) is 5. The van der Waals surface area contributed by atoms with Crippen LogP contribution in [0.2, 0.25) is 0 Å². The minimum absolute atomic E-state index is 0.0733. The first-order chi connectivity index (χ1) is 16.9. The molecule has 0 saturated heterocycles. The van der Waals surface area contributed by atoms with Gasteiger partial charge >= 0.3 is 5.97 Å². The van der Waals surface area contributed by atoms with E-state index in [1.165, 1.54) is 5.56 Å². The van der Waals surface area contributed by atoms with Crippen LogP contribution in [0.1, 0.15) is 75.5 Å². The highest BCUT2D eigenvalue weighted by atomic mass is 16.5. The number of Topliss-reactive ketones (excluding diaryl/α,β-unsaturated/α-hetero) is 1. The molecule has 0 bridgehead atoms. The highest BCUT2D eigenvalue weighted by molar-refractivity contribution is 6.04. The van der Waals surface area contributed by atoms with Crippen LogP contribution in [0.3, 0.4) is 0 Å². The van der Waals surface area contributed by atoms with Gasteiger partial charge in [-0.2, -0.15) is 0 Å². The molecule has 1 N–H and O–H groups in total. The molecule has 3 atom stereocenters. The van der Waals surface area contributed by atoms with Gasteiger partial charge in [0.15, 0.2) is 5.78 Å². The topological polar surface area (TPSA) is 64.6 Å². The van der Waals surface area contributed by atoms with Crippen LogP contribution >= 0.6 is 0 Å². The van der Waals surface area contributed by atoms with Crippen LogP contribution in [0, 0.1) is 0 Å².